The van der Waals surface area contributed by atoms with Crippen LogP contribution in [0.15, 0.2) is 109 Å². The molecule has 0 aliphatic carbocycles. The molecule has 0 saturated carbocycles. The molecular formula is C39H41N3O6. The Hall–Kier alpha value is -4.73. The maximum Gasteiger partial charge on any atom is 0.249 e. The summed E-state index contributed by atoms with van der Waals surface area (Å²) < 4.78 is 12.8. The van der Waals surface area contributed by atoms with Crippen molar-refractivity contribution >= 4 is 23.4 Å². The van der Waals surface area contributed by atoms with Crippen LogP contribution in [0.1, 0.15) is 37.4 Å². The third-order valence-corrected chi connectivity index (χ3v) is 10.3. The van der Waals surface area contributed by atoms with E-state index >= 15 is 4.79 Å². The van der Waals surface area contributed by atoms with Gasteiger partial charge in [0.15, 0.2) is 0 Å². The number of anilines is 1. The lowest BCUT2D eigenvalue weighted by Gasteiger charge is -2.41. The van der Waals surface area contributed by atoms with E-state index in [0.717, 1.165) is 5.56 Å². The molecule has 3 aromatic carbocycles. The van der Waals surface area contributed by atoms with Crippen molar-refractivity contribution in [2.75, 3.05) is 31.2 Å². The van der Waals surface area contributed by atoms with E-state index in [-0.39, 0.29) is 17.7 Å². The van der Waals surface area contributed by atoms with Gasteiger partial charge in [-0.3, -0.25) is 14.4 Å². The molecule has 1 N–H and O–H groups in total. The number of aliphatic hydroxyl groups excluding tert-OH is 1. The van der Waals surface area contributed by atoms with Gasteiger partial charge in [-0.2, -0.15) is 0 Å². The number of rotatable bonds is 9. The first-order valence-corrected chi connectivity index (χ1v) is 16.8. The number of carbonyl (C=O) groups excluding carboxylic acids is 3. The number of ether oxygens (including phenoxy) is 2. The van der Waals surface area contributed by atoms with Crippen LogP contribution in [-0.2, 0) is 25.7 Å². The Bertz CT molecular complexity index is 1730. The molecule has 0 radical (unpaired) electrons. The Morgan fingerprint density at radius 1 is 0.833 bits per heavy atom. The molecule has 4 heterocycles. The van der Waals surface area contributed by atoms with Crippen LogP contribution in [0.2, 0.25) is 0 Å². The monoisotopic (exact) mass is 647 g/mol. The predicted octanol–water partition coefficient (Wildman–Crippen LogP) is 4.68. The minimum Gasteiger partial charge on any atom is -0.494 e. The second kappa shape index (κ2) is 12.7. The summed E-state index contributed by atoms with van der Waals surface area (Å²) in [6.45, 7) is 4.95. The average Bonchev–Trinajstić information content (AvgIpc) is 3.41. The fourth-order valence-electron chi connectivity index (χ4n) is 8.18. The highest BCUT2D eigenvalue weighted by molar-refractivity contribution is 6.04. The third kappa shape index (κ3) is 5.04. The minimum atomic E-state index is -1.44. The largest absolute Gasteiger partial charge is 0.494 e. The number of fused-ring (bicyclic) bond motifs is 2. The van der Waals surface area contributed by atoms with Gasteiger partial charge >= 0.3 is 0 Å². The first-order valence-electron chi connectivity index (χ1n) is 16.8. The van der Waals surface area contributed by atoms with Crippen molar-refractivity contribution in [2.45, 2.75) is 50.1 Å². The van der Waals surface area contributed by atoms with Gasteiger partial charge in [-0.15, -0.1) is 0 Å². The summed E-state index contributed by atoms with van der Waals surface area (Å²) in [5, 5.41) is 10.9. The summed E-state index contributed by atoms with van der Waals surface area (Å²) >= 11 is 0. The van der Waals surface area contributed by atoms with Gasteiger partial charge in [0, 0.05) is 25.3 Å². The third-order valence-electron chi connectivity index (χ3n) is 10.3. The van der Waals surface area contributed by atoms with E-state index in [1.54, 1.807) is 9.80 Å². The number of benzene rings is 3. The maximum absolute atomic E-state index is 15.1. The zero-order valence-corrected chi connectivity index (χ0v) is 27.3. The van der Waals surface area contributed by atoms with Crippen LogP contribution in [0.5, 0.6) is 5.75 Å². The van der Waals surface area contributed by atoms with E-state index in [2.05, 4.69) is 0 Å². The number of hydrogen-bond acceptors (Lipinski definition) is 6. The van der Waals surface area contributed by atoms with Crippen LogP contribution in [0.4, 0.5) is 5.69 Å². The molecule has 2 saturated heterocycles. The Kier molecular flexibility index (Phi) is 8.43. The van der Waals surface area contributed by atoms with Gasteiger partial charge in [0.05, 0.1) is 36.7 Å². The molecule has 3 amide bonds. The molecule has 4 aliphatic heterocycles. The Morgan fingerprint density at radius 2 is 1.52 bits per heavy atom. The van der Waals surface area contributed by atoms with Crippen LogP contribution < -0.4 is 9.64 Å². The molecule has 3 aromatic rings. The Balaban J connectivity index is 1.35. The summed E-state index contributed by atoms with van der Waals surface area (Å²) in [4.78, 5) is 49.8. The van der Waals surface area contributed by atoms with Crippen LogP contribution in [0, 0.1) is 11.8 Å². The van der Waals surface area contributed by atoms with Gasteiger partial charge in [-0.25, -0.2) is 0 Å². The maximum atomic E-state index is 15.1. The lowest BCUT2D eigenvalue weighted by molar-refractivity contribution is -0.156. The molecule has 6 atom stereocenters. The van der Waals surface area contributed by atoms with Crippen molar-refractivity contribution in [2.24, 2.45) is 11.8 Å². The van der Waals surface area contributed by atoms with E-state index in [1.807, 2.05) is 123 Å². The van der Waals surface area contributed by atoms with Gasteiger partial charge in [-0.05, 0) is 48.7 Å². The number of aliphatic hydroxyl groups is 1. The van der Waals surface area contributed by atoms with E-state index in [9.17, 15) is 14.7 Å². The number of nitrogens with zero attached hydrogens (tertiary/aromatic N) is 3. The molecule has 48 heavy (non-hydrogen) atoms. The number of hydrogen-bond donors (Lipinski definition) is 1. The molecule has 4 aliphatic rings. The van der Waals surface area contributed by atoms with Crippen molar-refractivity contribution in [3.63, 3.8) is 0 Å². The van der Waals surface area contributed by atoms with Crippen LogP contribution in [0.25, 0.3) is 0 Å². The van der Waals surface area contributed by atoms with E-state index in [4.69, 9.17) is 9.47 Å². The van der Waals surface area contributed by atoms with Gasteiger partial charge in [-0.1, -0.05) is 91.9 Å². The first-order chi connectivity index (χ1) is 23.4. The normalized spacial score (nSPS) is 28.5. The lowest BCUT2D eigenvalue weighted by Crippen LogP contribution is -2.57. The van der Waals surface area contributed by atoms with Crippen LogP contribution in [0.3, 0.4) is 0 Å². The zero-order chi connectivity index (χ0) is 33.5. The predicted molar refractivity (Wildman–Crippen MR) is 181 cm³/mol. The van der Waals surface area contributed by atoms with Gasteiger partial charge < -0.3 is 29.3 Å². The first kappa shape index (κ1) is 31.8. The molecular weight excluding hydrogens is 606 g/mol. The minimum absolute atomic E-state index is 0.242. The summed E-state index contributed by atoms with van der Waals surface area (Å²) in [7, 11) is 0. The molecule has 9 nitrogen and oxygen atoms in total. The van der Waals surface area contributed by atoms with E-state index in [1.165, 1.54) is 4.90 Å². The molecule has 1 spiro atoms. The fraction of sp³-hybridized carbons (Fsp3) is 0.359. The molecule has 1 unspecified atom stereocenters. The highest BCUT2D eigenvalue weighted by atomic mass is 16.5. The van der Waals surface area contributed by atoms with E-state index < -0.39 is 41.7 Å². The zero-order valence-electron chi connectivity index (χ0n) is 27.3. The second-order valence-electron chi connectivity index (χ2n) is 12.9. The summed E-state index contributed by atoms with van der Waals surface area (Å²) in [6, 6.07) is 24.4. The van der Waals surface area contributed by atoms with Crippen molar-refractivity contribution in [1.29, 1.82) is 0 Å². The fourth-order valence-corrected chi connectivity index (χ4v) is 8.18. The molecule has 0 aromatic heterocycles. The van der Waals surface area contributed by atoms with Gasteiger partial charge in [0.1, 0.15) is 17.4 Å². The quantitative estimate of drug-likeness (QED) is 0.339. The highest BCUT2D eigenvalue weighted by Crippen LogP contribution is 2.60. The average molecular weight is 648 g/mol. The Morgan fingerprint density at radius 3 is 2.19 bits per heavy atom. The molecule has 2 fully saturated rings. The second-order valence-corrected chi connectivity index (χ2v) is 12.9. The van der Waals surface area contributed by atoms with Crippen LogP contribution >= 0.6 is 0 Å². The number of likely N-dealkylation sites (tertiary alicyclic amines) is 1. The smallest absolute Gasteiger partial charge is 0.249 e. The summed E-state index contributed by atoms with van der Waals surface area (Å²) in [5.74, 6) is -2.12. The molecule has 7 rings (SSSR count). The van der Waals surface area contributed by atoms with Crippen molar-refractivity contribution in [3.8, 4) is 5.75 Å². The molecule has 0 bridgehead atoms. The Labute approximate surface area is 281 Å². The van der Waals surface area contributed by atoms with Crippen molar-refractivity contribution in [3.05, 3.63) is 120 Å². The molecule has 248 valence electrons. The highest BCUT2D eigenvalue weighted by Gasteiger charge is 2.76. The van der Waals surface area contributed by atoms with Crippen molar-refractivity contribution in [1.82, 2.24) is 9.80 Å². The lowest BCUT2D eigenvalue weighted by atomic mass is 9.73. The SMILES string of the molecule is CCOc1ccc(N2CC=C[C@@]3(CC)O[C@]45C=CCN(Cc6ccccc6)C(=O)C4N([C@H](CO)c4ccccc4)C(=O)[C@@H]5[C@H]3C2=O)cc1. The van der Waals surface area contributed by atoms with Crippen LogP contribution in [-0.4, -0.2) is 76.2 Å². The van der Waals surface area contributed by atoms with E-state index in [0.29, 0.717) is 49.7 Å². The van der Waals surface area contributed by atoms with Crippen molar-refractivity contribution < 1.29 is 29.0 Å². The summed E-state index contributed by atoms with van der Waals surface area (Å²) in [5.41, 5.74) is -0.230. The van der Waals surface area contributed by atoms with Gasteiger partial charge in [0.2, 0.25) is 17.7 Å². The molecule has 9 heteroatoms. The van der Waals surface area contributed by atoms with Gasteiger partial charge in [0.25, 0.3) is 0 Å². The number of amides is 3. The summed E-state index contributed by atoms with van der Waals surface area (Å²) in [6.07, 6.45) is 8.03. The standard InChI is InChI=1S/C39H41N3O6/c1-3-38-21-11-24-41(29-17-19-30(20-18-29)47-4-2)35(44)32(38)33-36(45)42(31(26-43)28-15-9-6-10-16-28)34-37(46)40(23-12-22-39(33,34)48-38)25-27-13-7-5-8-14-27/h5-22,31-34,43H,3-4,23-26H2,1-2H3/t31-,32+,33+,34?,38-,39+/m1/s1. The topological polar surface area (TPSA) is 99.6 Å². The number of carbonyl (C=O) groups is 3.